The van der Waals surface area contributed by atoms with Gasteiger partial charge in [0.1, 0.15) is 23.9 Å². The zero-order chi connectivity index (χ0) is 24.6. The van der Waals surface area contributed by atoms with Gasteiger partial charge >= 0.3 is 0 Å². The predicted octanol–water partition coefficient (Wildman–Crippen LogP) is 5.16. The molecular weight excluding hydrogens is 476 g/mol. The van der Waals surface area contributed by atoms with Crippen molar-refractivity contribution < 1.29 is 9.53 Å². The van der Waals surface area contributed by atoms with E-state index in [1.165, 1.54) is 18.4 Å². The number of nitrogens with one attached hydrogen (secondary N) is 2. The van der Waals surface area contributed by atoms with E-state index in [0.717, 1.165) is 23.3 Å². The fourth-order valence-corrected chi connectivity index (χ4v) is 4.84. The van der Waals surface area contributed by atoms with Crippen LogP contribution in [0.3, 0.4) is 0 Å². The average Bonchev–Trinajstić information content (AvgIpc) is 3.79. The van der Waals surface area contributed by atoms with Crippen LogP contribution in [0.1, 0.15) is 53.7 Å². The van der Waals surface area contributed by atoms with Crippen molar-refractivity contribution in [3.63, 3.8) is 0 Å². The molecule has 4 aromatic rings. The highest BCUT2D eigenvalue weighted by Crippen LogP contribution is 2.48. The molecule has 8 nitrogen and oxygen atoms in total. The van der Waals surface area contributed by atoms with Crippen LogP contribution >= 0.6 is 11.6 Å². The van der Waals surface area contributed by atoms with Gasteiger partial charge in [0.25, 0.3) is 0 Å². The molecule has 2 saturated carbocycles. The molecule has 2 unspecified atom stereocenters. The second-order valence-corrected chi connectivity index (χ2v) is 10.0. The van der Waals surface area contributed by atoms with Crippen LogP contribution in [-0.2, 0) is 22.7 Å². The third-order valence-corrected chi connectivity index (χ3v) is 6.96. The number of nitrogens with zero attached hydrogens (tertiary/aromatic N) is 4. The van der Waals surface area contributed by atoms with Crippen molar-refractivity contribution in [2.75, 3.05) is 17.7 Å². The topological polar surface area (TPSA) is 93.4 Å². The molecule has 0 bridgehead atoms. The van der Waals surface area contributed by atoms with Crippen molar-refractivity contribution in [1.29, 1.82) is 0 Å². The van der Waals surface area contributed by atoms with E-state index in [2.05, 4.69) is 43.3 Å². The van der Waals surface area contributed by atoms with Crippen molar-refractivity contribution in [3.05, 3.63) is 82.5 Å². The number of imidazole rings is 1. The molecule has 2 fully saturated rings. The Hall–Kier alpha value is -3.49. The Kier molecular flexibility index (Phi) is 6.07. The van der Waals surface area contributed by atoms with E-state index in [1.54, 1.807) is 13.2 Å². The number of hydrogen-bond acceptors (Lipinski definition) is 6. The zero-order valence-corrected chi connectivity index (χ0v) is 20.7. The van der Waals surface area contributed by atoms with E-state index >= 15 is 0 Å². The summed E-state index contributed by atoms with van der Waals surface area (Å²) in [5, 5.41) is 6.97. The van der Waals surface area contributed by atoms with Crippen LogP contribution in [0, 0.1) is 5.92 Å². The number of methoxy groups -OCH3 is 1. The van der Waals surface area contributed by atoms with Crippen LogP contribution in [0.25, 0.3) is 5.65 Å². The van der Waals surface area contributed by atoms with Gasteiger partial charge in [-0.1, -0.05) is 29.8 Å². The maximum atomic E-state index is 12.9. The van der Waals surface area contributed by atoms with Crippen LogP contribution in [-0.4, -0.2) is 32.4 Å². The van der Waals surface area contributed by atoms with Crippen LogP contribution in [0.4, 0.5) is 11.6 Å². The van der Waals surface area contributed by atoms with Crippen molar-refractivity contribution in [1.82, 2.24) is 19.4 Å². The molecule has 2 N–H and O–H groups in total. The summed E-state index contributed by atoms with van der Waals surface area (Å²) < 4.78 is 7.32. The monoisotopic (exact) mass is 502 g/mol. The van der Waals surface area contributed by atoms with Gasteiger partial charge in [0.15, 0.2) is 5.82 Å². The summed E-state index contributed by atoms with van der Waals surface area (Å²) in [5.74, 6) is 2.26. The molecule has 3 aromatic heterocycles. The molecule has 2 aliphatic carbocycles. The number of carbonyl (C=O) groups excluding carboxylic acids is 1. The van der Waals surface area contributed by atoms with Gasteiger partial charge in [-0.15, -0.1) is 0 Å². The number of pyridine rings is 1. The molecule has 1 aromatic carbocycles. The Morgan fingerprint density at radius 3 is 2.75 bits per heavy atom. The molecule has 9 heteroatoms. The van der Waals surface area contributed by atoms with E-state index in [-0.39, 0.29) is 24.3 Å². The maximum Gasteiger partial charge on any atom is 0.229 e. The number of hydrogen-bond donors (Lipinski definition) is 2. The summed E-state index contributed by atoms with van der Waals surface area (Å²) in [4.78, 5) is 26.6. The Morgan fingerprint density at radius 1 is 1.08 bits per heavy atom. The Labute approximate surface area is 214 Å². The van der Waals surface area contributed by atoms with Crippen LogP contribution in [0.15, 0.2) is 54.9 Å². The standard InChI is InChI=1S/C27H27ClN6O2/c1-36-15-25-31-23(29-12-20-14-34-13-18(16-5-6-16)7-8-26(34)30-20)11-24(32-25)33-27(35)22-10-21(22)17-3-2-4-19(28)9-17/h2-4,7-9,11,13-14,16,21-22H,5-6,10,12,15H2,1H3,(H2,29,31,32,33,35). The molecule has 3 heterocycles. The molecular formula is C27H27ClN6O2. The third kappa shape index (κ3) is 5.05. The second kappa shape index (κ2) is 9.52. The van der Waals surface area contributed by atoms with Gasteiger partial charge in [-0.25, -0.2) is 15.0 Å². The number of amides is 1. The van der Waals surface area contributed by atoms with Crippen molar-refractivity contribution in [2.24, 2.45) is 5.92 Å². The normalized spacial score (nSPS) is 18.8. The third-order valence-electron chi connectivity index (χ3n) is 6.72. The summed E-state index contributed by atoms with van der Waals surface area (Å²) >= 11 is 6.11. The Morgan fingerprint density at radius 2 is 1.94 bits per heavy atom. The van der Waals surface area contributed by atoms with Crippen LogP contribution in [0.5, 0.6) is 0 Å². The Bertz CT molecular complexity index is 1430. The first-order chi connectivity index (χ1) is 17.6. The van der Waals surface area contributed by atoms with Gasteiger partial charge < -0.3 is 19.8 Å². The van der Waals surface area contributed by atoms with Crippen molar-refractivity contribution >= 4 is 34.8 Å². The van der Waals surface area contributed by atoms with E-state index < -0.39 is 0 Å². The number of ether oxygens (including phenoxy) is 1. The van der Waals surface area contributed by atoms with Crippen LogP contribution in [0.2, 0.25) is 5.02 Å². The number of fused-ring (bicyclic) bond motifs is 1. The smallest absolute Gasteiger partial charge is 0.229 e. The molecule has 1 amide bonds. The fourth-order valence-electron chi connectivity index (χ4n) is 4.64. The van der Waals surface area contributed by atoms with E-state index in [4.69, 9.17) is 21.3 Å². The molecule has 2 atom stereocenters. The molecule has 184 valence electrons. The molecule has 6 rings (SSSR count). The highest BCUT2D eigenvalue weighted by Gasteiger charge is 2.44. The lowest BCUT2D eigenvalue weighted by atomic mass is 10.1. The maximum absolute atomic E-state index is 12.9. The minimum atomic E-state index is -0.0979. The summed E-state index contributed by atoms with van der Waals surface area (Å²) in [7, 11) is 1.59. The molecule has 36 heavy (non-hydrogen) atoms. The Balaban J connectivity index is 1.14. The molecule has 0 saturated heterocycles. The first kappa shape index (κ1) is 22.9. The first-order valence-electron chi connectivity index (χ1n) is 12.2. The zero-order valence-electron chi connectivity index (χ0n) is 19.9. The summed E-state index contributed by atoms with van der Waals surface area (Å²) in [5.41, 5.74) is 4.28. The van der Waals surface area contributed by atoms with E-state index in [1.807, 2.05) is 30.5 Å². The highest BCUT2D eigenvalue weighted by atomic mass is 35.5. The summed E-state index contributed by atoms with van der Waals surface area (Å²) in [6.07, 6.45) is 7.55. The lowest BCUT2D eigenvalue weighted by Gasteiger charge is -2.10. The minimum absolute atomic E-state index is 0.0557. The number of benzene rings is 1. The molecule has 2 aliphatic rings. The van der Waals surface area contributed by atoms with Gasteiger partial charge in [0.2, 0.25) is 5.91 Å². The van der Waals surface area contributed by atoms with Gasteiger partial charge in [-0.3, -0.25) is 4.79 Å². The summed E-state index contributed by atoms with van der Waals surface area (Å²) in [6.45, 7) is 0.738. The number of halogens is 1. The first-order valence-corrected chi connectivity index (χ1v) is 12.6. The second-order valence-electron chi connectivity index (χ2n) is 9.57. The lowest BCUT2D eigenvalue weighted by Crippen LogP contribution is -2.17. The number of aromatic nitrogens is 4. The minimum Gasteiger partial charge on any atom is -0.377 e. The van der Waals surface area contributed by atoms with Gasteiger partial charge in [0.05, 0.1) is 12.2 Å². The number of carbonyl (C=O) groups is 1. The van der Waals surface area contributed by atoms with E-state index in [0.29, 0.717) is 34.9 Å². The number of rotatable bonds is 9. The van der Waals surface area contributed by atoms with Crippen LogP contribution < -0.4 is 10.6 Å². The molecule has 0 aliphatic heterocycles. The van der Waals surface area contributed by atoms with Crippen molar-refractivity contribution in [2.45, 2.75) is 44.2 Å². The lowest BCUT2D eigenvalue weighted by molar-refractivity contribution is -0.117. The SMILES string of the molecule is COCc1nc(NCc2cn3cc(C4CC4)ccc3n2)cc(NC(=O)C2CC2c2cccc(Cl)c2)n1. The average molecular weight is 503 g/mol. The largest absolute Gasteiger partial charge is 0.377 e. The molecule has 0 spiro atoms. The number of anilines is 2. The highest BCUT2D eigenvalue weighted by molar-refractivity contribution is 6.30. The quantitative estimate of drug-likeness (QED) is 0.328. The van der Waals surface area contributed by atoms with Gasteiger partial charge in [-0.05, 0) is 60.4 Å². The predicted molar refractivity (Wildman–Crippen MR) is 138 cm³/mol. The van der Waals surface area contributed by atoms with Gasteiger partial charge in [-0.2, -0.15) is 0 Å². The van der Waals surface area contributed by atoms with E-state index in [9.17, 15) is 4.79 Å². The molecule has 0 radical (unpaired) electrons. The van der Waals surface area contributed by atoms with Gasteiger partial charge in [0, 0.05) is 36.5 Å². The summed E-state index contributed by atoms with van der Waals surface area (Å²) in [6, 6.07) is 13.7. The van der Waals surface area contributed by atoms with Crippen molar-refractivity contribution in [3.8, 4) is 0 Å². The fraction of sp³-hybridized carbons (Fsp3) is 0.333.